The van der Waals surface area contributed by atoms with Gasteiger partial charge in [0.2, 0.25) is 6.29 Å². The summed E-state index contributed by atoms with van der Waals surface area (Å²) < 4.78 is 55.8. The third-order valence-electron chi connectivity index (χ3n) is 5.44. The molecule has 2 aliphatic rings. The highest BCUT2D eigenvalue weighted by Gasteiger charge is 2.44. The van der Waals surface area contributed by atoms with Gasteiger partial charge in [0.05, 0.1) is 17.5 Å². The predicted octanol–water partition coefficient (Wildman–Crippen LogP) is 3.67. The van der Waals surface area contributed by atoms with Gasteiger partial charge in [-0.2, -0.15) is 18.3 Å². The van der Waals surface area contributed by atoms with Gasteiger partial charge < -0.3 is 10.2 Å². The molecule has 0 saturated heterocycles. The molecule has 5 rings (SSSR count). The van der Waals surface area contributed by atoms with E-state index in [0.29, 0.717) is 5.70 Å². The molecule has 2 aromatic carbocycles. The predicted molar refractivity (Wildman–Crippen MR) is 109 cm³/mol. The third-order valence-corrected chi connectivity index (χ3v) is 5.44. The first-order valence-corrected chi connectivity index (χ1v) is 9.84. The van der Waals surface area contributed by atoms with Crippen molar-refractivity contribution in [2.24, 2.45) is 0 Å². The molecular weight excluding hydrogens is 442 g/mol. The standard InChI is InChI=1S/C22H15F4N5O2/c23-22(24,25)15-8-4-7-14(11-15)17-9-10-29-19-16(12-27-31(17)19)20(33)30(26)21(29)28-18(32)13-5-2-1-3-6-13/h1-9,11-12,21H,10H2,(H,28,32). The van der Waals surface area contributed by atoms with Gasteiger partial charge in [0.15, 0.2) is 0 Å². The largest absolute Gasteiger partial charge is 0.416 e. The van der Waals surface area contributed by atoms with Crippen LogP contribution in [0.1, 0.15) is 31.8 Å². The van der Waals surface area contributed by atoms with Crippen LogP contribution in [-0.4, -0.2) is 39.6 Å². The smallest absolute Gasteiger partial charge is 0.312 e. The molecule has 11 heteroatoms. The van der Waals surface area contributed by atoms with Crippen molar-refractivity contribution in [1.29, 1.82) is 0 Å². The summed E-state index contributed by atoms with van der Waals surface area (Å²) in [5, 5.41) is 6.51. The molecule has 1 unspecified atom stereocenters. The monoisotopic (exact) mass is 457 g/mol. The zero-order valence-corrected chi connectivity index (χ0v) is 16.8. The maximum Gasteiger partial charge on any atom is 0.416 e. The number of hydrogen-bond donors (Lipinski definition) is 1. The number of halogens is 4. The fourth-order valence-electron chi connectivity index (χ4n) is 3.89. The summed E-state index contributed by atoms with van der Waals surface area (Å²) in [5.41, 5.74) is -0.0827. The van der Waals surface area contributed by atoms with Gasteiger partial charge in [0, 0.05) is 17.7 Å². The molecule has 3 aromatic rings. The molecule has 2 amide bonds. The number of aromatic nitrogens is 2. The highest BCUT2D eigenvalue weighted by molar-refractivity contribution is 6.02. The van der Waals surface area contributed by atoms with Crippen molar-refractivity contribution in [3.05, 3.63) is 89.1 Å². The molecule has 33 heavy (non-hydrogen) atoms. The van der Waals surface area contributed by atoms with Gasteiger partial charge in [0.25, 0.3) is 11.8 Å². The number of anilines is 1. The minimum absolute atomic E-state index is 0.0116. The Morgan fingerprint density at radius 2 is 1.85 bits per heavy atom. The van der Waals surface area contributed by atoms with E-state index in [-0.39, 0.29) is 34.2 Å². The summed E-state index contributed by atoms with van der Waals surface area (Å²) in [7, 11) is 0. The van der Waals surface area contributed by atoms with E-state index in [1.165, 1.54) is 21.7 Å². The summed E-state index contributed by atoms with van der Waals surface area (Å²) in [6, 6.07) is 12.8. The molecule has 168 valence electrons. The van der Waals surface area contributed by atoms with E-state index in [9.17, 15) is 27.2 Å². The van der Waals surface area contributed by atoms with Gasteiger partial charge in [-0.25, -0.2) is 4.68 Å². The first kappa shape index (κ1) is 20.7. The van der Waals surface area contributed by atoms with Crippen LogP contribution >= 0.6 is 0 Å². The molecule has 1 N–H and O–H groups in total. The molecule has 0 fully saturated rings. The lowest BCUT2D eigenvalue weighted by atomic mass is 10.1. The first-order chi connectivity index (χ1) is 15.8. The maximum absolute atomic E-state index is 14.9. The van der Waals surface area contributed by atoms with E-state index in [2.05, 4.69) is 10.4 Å². The lowest BCUT2D eigenvalue weighted by Gasteiger charge is -2.41. The van der Waals surface area contributed by atoms with Gasteiger partial charge in [-0.05, 0) is 30.3 Å². The molecule has 0 radical (unpaired) electrons. The van der Waals surface area contributed by atoms with Crippen LogP contribution in [0.15, 0.2) is 66.9 Å². The third kappa shape index (κ3) is 3.41. The molecule has 0 spiro atoms. The average Bonchev–Trinajstić information content (AvgIpc) is 3.26. The Balaban J connectivity index is 1.52. The van der Waals surface area contributed by atoms with Gasteiger partial charge >= 0.3 is 6.18 Å². The van der Waals surface area contributed by atoms with Crippen LogP contribution < -0.4 is 10.2 Å². The van der Waals surface area contributed by atoms with Crippen molar-refractivity contribution in [3.63, 3.8) is 0 Å². The highest BCUT2D eigenvalue weighted by Crippen LogP contribution is 2.38. The summed E-state index contributed by atoms with van der Waals surface area (Å²) in [6.07, 6.45) is -3.28. The van der Waals surface area contributed by atoms with Crippen molar-refractivity contribution in [2.75, 3.05) is 11.4 Å². The zero-order chi connectivity index (χ0) is 23.3. The van der Waals surface area contributed by atoms with E-state index in [4.69, 9.17) is 0 Å². The van der Waals surface area contributed by atoms with Crippen molar-refractivity contribution in [2.45, 2.75) is 12.5 Å². The number of hydrogen-bond acceptors (Lipinski definition) is 4. The molecule has 1 aromatic heterocycles. The molecule has 0 aliphatic carbocycles. The quantitative estimate of drug-likeness (QED) is 0.482. The van der Waals surface area contributed by atoms with Crippen LogP contribution in [0.4, 0.5) is 23.5 Å². The molecular formula is C22H15F4N5O2. The van der Waals surface area contributed by atoms with Gasteiger partial charge in [-0.3, -0.25) is 9.59 Å². The molecule has 0 saturated carbocycles. The minimum Gasteiger partial charge on any atom is -0.312 e. The number of carbonyl (C=O) groups is 2. The van der Waals surface area contributed by atoms with E-state index in [1.807, 2.05) is 0 Å². The Kier molecular flexibility index (Phi) is 4.69. The number of amides is 2. The topological polar surface area (TPSA) is 70.5 Å². The van der Waals surface area contributed by atoms with Crippen molar-refractivity contribution >= 4 is 23.3 Å². The van der Waals surface area contributed by atoms with Crippen LogP contribution in [0.3, 0.4) is 0 Å². The van der Waals surface area contributed by atoms with Gasteiger partial charge in [-0.1, -0.05) is 34.8 Å². The Morgan fingerprint density at radius 1 is 1.09 bits per heavy atom. The fourth-order valence-corrected chi connectivity index (χ4v) is 3.89. The highest BCUT2D eigenvalue weighted by atomic mass is 19.4. The number of rotatable bonds is 3. The zero-order valence-electron chi connectivity index (χ0n) is 16.8. The number of carbonyl (C=O) groups excluding carboxylic acids is 2. The van der Waals surface area contributed by atoms with E-state index in [1.54, 1.807) is 36.4 Å². The normalized spacial score (nSPS) is 17.5. The molecule has 3 heterocycles. The summed E-state index contributed by atoms with van der Waals surface area (Å²) >= 11 is 0. The molecule has 1 atom stereocenters. The maximum atomic E-state index is 14.9. The van der Waals surface area contributed by atoms with Crippen LogP contribution in [0.5, 0.6) is 0 Å². The van der Waals surface area contributed by atoms with Crippen LogP contribution in [-0.2, 0) is 6.18 Å². The van der Waals surface area contributed by atoms with Gasteiger partial charge in [0.1, 0.15) is 11.4 Å². The Hall–Kier alpha value is -4.15. The summed E-state index contributed by atoms with van der Waals surface area (Å²) in [4.78, 5) is 26.6. The van der Waals surface area contributed by atoms with Crippen molar-refractivity contribution in [3.8, 4) is 0 Å². The minimum atomic E-state index is -4.53. The lowest BCUT2D eigenvalue weighted by molar-refractivity contribution is -0.137. The average molecular weight is 457 g/mol. The van der Waals surface area contributed by atoms with E-state index in [0.717, 1.165) is 18.3 Å². The Bertz CT molecular complexity index is 1290. The number of nitrogens with one attached hydrogen (secondary N) is 1. The number of benzene rings is 2. The van der Waals surface area contributed by atoms with Crippen molar-refractivity contribution in [1.82, 2.24) is 20.2 Å². The Labute approximate surface area is 184 Å². The van der Waals surface area contributed by atoms with Crippen molar-refractivity contribution < 1.29 is 27.2 Å². The second-order valence-corrected chi connectivity index (χ2v) is 7.44. The second kappa shape index (κ2) is 7.47. The first-order valence-electron chi connectivity index (χ1n) is 9.84. The van der Waals surface area contributed by atoms with E-state index >= 15 is 0 Å². The summed E-state index contributed by atoms with van der Waals surface area (Å²) in [6.45, 7) is 0.0116. The van der Waals surface area contributed by atoms with Crippen LogP contribution in [0.2, 0.25) is 0 Å². The fraction of sp³-hybridized carbons (Fsp3) is 0.136. The molecule has 0 bridgehead atoms. The van der Waals surface area contributed by atoms with E-state index < -0.39 is 29.8 Å². The van der Waals surface area contributed by atoms with Crippen LogP contribution in [0.25, 0.3) is 5.70 Å². The SMILES string of the molecule is O=C(NC1N(F)C(=O)c2cnn3c2N1CC=C3c1cccc(C(F)(F)F)c1)c1ccccc1. The number of nitrogens with zero attached hydrogens (tertiary/aromatic N) is 4. The van der Waals surface area contributed by atoms with Crippen LogP contribution in [0, 0.1) is 0 Å². The number of alkyl halides is 3. The Morgan fingerprint density at radius 3 is 2.58 bits per heavy atom. The second-order valence-electron chi connectivity index (χ2n) is 7.44. The molecule has 7 nitrogen and oxygen atoms in total. The molecule has 2 aliphatic heterocycles. The lowest BCUT2D eigenvalue weighted by Crippen LogP contribution is -2.61. The van der Waals surface area contributed by atoms with Gasteiger partial charge in [-0.15, -0.1) is 5.12 Å². The summed E-state index contributed by atoms with van der Waals surface area (Å²) in [5.74, 6) is -1.43.